The van der Waals surface area contributed by atoms with E-state index in [-0.39, 0.29) is 18.4 Å². The molecule has 2 fully saturated rings. The van der Waals surface area contributed by atoms with Crippen LogP contribution in [0.5, 0.6) is 0 Å². The highest BCUT2D eigenvalue weighted by atomic mass is 19.1. The normalized spacial score (nSPS) is 29.0. The molecule has 5 nitrogen and oxygen atoms in total. The van der Waals surface area contributed by atoms with Gasteiger partial charge in [-0.1, -0.05) is 31.9 Å². The van der Waals surface area contributed by atoms with Crippen molar-refractivity contribution in [1.82, 2.24) is 10.2 Å². The first-order valence-electron chi connectivity index (χ1n) is 8.01. The zero-order valence-electron chi connectivity index (χ0n) is 13.1. The second kappa shape index (κ2) is 5.92. The number of rotatable bonds is 3. The maximum atomic E-state index is 13.3. The molecule has 0 radical (unpaired) electrons. The van der Waals surface area contributed by atoms with Crippen LogP contribution in [0.2, 0.25) is 0 Å². The van der Waals surface area contributed by atoms with Crippen LogP contribution in [0.25, 0.3) is 0 Å². The summed E-state index contributed by atoms with van der Waals surface area (Å²) in [5.74, 6) is -0.662. The predicted octanol–water partition coefficient (Wildman–Crippen LogP) is 2.36. The van der Waals surface area contributed by atoms with Gasteiger partial charge in [-0.25, -0.2) is 9.18 Å². The van der Waals surface area contributed by atoms with Crippen LogP contribution in [-0.2, 0) is 4.79 Å². The molecule has 0 unspecified atom stereocenters. The SMILES string of the molecule is C[C@@H]1CCCC[C@@]12NC(=O)N(C[C@H](O)c1cccc(F)c1)C2=O. The van der Waals surface area contributed by atoms with Gasteiger partial charge >= 0.3 is 6.03 Å². The fourth-order valence-electron chi connectivity index (χ4n) is 3.65. The van der Waals surface area contributed by atoms with E-state index < -0.39 is 23.5 Å². The fraction of sp³-hybridized carbons (Fsp3) is 0.529. The smallest absolute Gasteiger partial charge is 0.325 e. The van der Waals surface area contributed by atoms with Crippen LogP contribution in [0.15, 0.2) is 24.3 Å². The van der Waals surface area contributed by atoms with Crippen molar-refractivity contribution in [2.75, 3.05) is 6.54 Å². The second-order valence-corrected chi connectivity index (χ2v) is 6.53. The standard InChI is InChI=1S/C17H21FN2O3/c1-11-5-2-3-8-17(11)15(22)20(16(23)19-17)10-14(21)12-6-4-7-13(18)9-12/h4,6-7,9,11,14,21H,2-3,5,8,10H2,1H3,(H,19,23)/t11-,14+,17-/m1/s1. The minimum atomic E-state index is -1.10. The number of imide groups is 1. The minimum Gasteiger partial charge on any atom is -0.387 e. The molecule has 1 aliphatic carbocycles. The highest BCUT2D eigenvalue weighted by molar-refractivity contribution is 6.07. The van der Waals surface area contributed by atoms with Gasteiger partial charge in [-0.2, -0.15) is 0 Å². The van der Waals surface area contributed by atoms with Crippen LogP contribution >= 0.6 is 0 Å². The molecule has 1 spiro atoms. The topological polar surface area (TPSA) is 69.6 Å². The summed E-state index contributed by atoms with van der Waals surface area (Å²) in [7, 11) is 0. The molecule has 3 atom stereocenters. The third-order valence-corrected chi connectivity index (χ3v) is 5.09. The first-order valence-corrected chi connectivity index (χ1v) is 8.01. The quantitative estimate of drug-likeness (QED) is 0.840. The van der Waals surface area contributed by atoms with Gasteiger partial charge < -0.3 is 10.4 Å². The third kappa shape index (κ3) is 2.72. The summed E-state index contributed by atoms with van der Waals surface area (Å²) >= 11 is 0. The van der Waals surface area contributed by atoms with Crippen molar-refractivity contribution in [3.05, 3.63) is 35.6 Å². The number of hydrogen-bond donors (Lipinski definition) is 2. The highest BCUT2D eigenvalue weighted by Gasteiger charge is 2.55. The molecule has 1 saturated heterocycles. The lowest BCUT2D eigenvalue weighted by Crippen LogP contribution is -2.54. The van der Waals surface area contributed by atoms with Crippen LogP contribution in [0, 0.1) is 11.7 Å². The van der Waals surface area contributed by atoms with Crippen molar-refractivity contribution >= 4 is 11.9 Å². The van der Waals surface area contributed by atoms with Crippen LogP contribution in [0.4, 0.5) is 9.18 Å². The van der Waals surface area contributed by atoms with E-state index in [4.69, 9.17) is 0 Å². The van der Waals surface area contributed by atoms with Gasteiger partial charge in [0.05, 0.1) is 12.6 Å². The summed E-state index contributed by atoms with van der Waals surface area (Å²) in [4.78, 5) is 26.1. The molecule has 6 heteroatoms. The number of nitrogens with one attached hydrogen (secondary N) is 1. The largest absolute Gasteiger partial charge is 0.387 e. The second-order valence-electron chi connectivity index (χ2n) is 6.53. The Balaban J connectivity index is 1.78. The van der Waals surface area contributed by atoms with Crippen LogP contribution < -0.4 is 5.32 Å². The van der Waals surface area contributed by atoms with E-state index in [0.29, 0.717) is 12.0 Å². The van der Waals surface area contributed by atoms with Gasteiger partial charge in [-0.15, -0.1) is 0 Å². The van der Waals surface area contributed by atoms with Crippen molar-refractivity contribution in [2.24, 2.45) is 5.92 Å². The van der Waals surface area contributed by atoms with Crippen LogP contribution in [0.1, 0.15) is 44.3 Å². The van der Waals surface area contributed by atoms with E-state index in [2.05, 4.69) is 5.32 Å². The number of carbonyl (C=O) groups is 2. The molecular weight excluding hydrogens is 299 g/mol. The maximum Gasteiger partial charge on any atom is 0.325 e. The monoisotopic (exact) mass is 320 g/mol. The number of benzene rings is 1. The van der Waals surface area contributed by atoms with Gasteiger partial charge in [0, 0.05) is 0 Å². The molecule has 1 aromatic carbocycles. The van der Waals surface area contributed by atoms with E-state index in [1.54, 1.807) is 6.07 Å². The number of aliphatic hydroxyl groups excluding tert-OH is 1. The Labute approximate surface area is 134 Å². The first kappa shape index (κ1) is 15.9. The molecule has 124 valence electrons. The Morgan fingerprint density at radius 2 is 2.22 bits per heavy atom. The first-order chi connectivity index (χ1) is 10.9. The van der Waals surface area contributed by atoms with Gasteiger partial charge in [-0.3, -0.25) is 9.69 Å². The zero-order valence-corrected chi connectivity index (χ0v) is 13.1. The third-order valence-electron chi connectivity index (χ3n) is 5.09. The Morgan fingerprint density at radius 1 is 1.43 bits per heavy atom. The number of β-amino-alcohol motifs (C(OH)–C–C–N with tert-alkyl or cyclic N) is 1. The molecule has 3 amide bonds. The van der Waals surface area contributed by atoms with Crippen LogP contribution in [-0.4, -0.2) is 34.0 Å². The molecule has 1 saturated carbocycles. The van der Waals surface area contributed by atoms with Gasteiger partial charge in [0.25, 0.3) is 5.91 Å². The molecule has 2 N–H and O–H groups in total. The average Bonchev–Trinajstić information content (AvgIpc) is 2.75. The summed E-state index contributed by atoms with van der Waals surface area (Å²) in [6, 6.07) is 5.08. The van der Waals surface area contributed by atoms with Gasteiger partial charge in [0.2, 0.25) is 0 Å². The van der Waals surface area contributed by atoms with E-state index in [0.717, 1.165) is 24.2 Å². The predicted molar refractivity (Wildman–Crippen MR) is 82.0 cm³/mol. The molecule has 3 rings (SSSR count). The number of carbonyl (C=O) groups excluding carboxylic acids is 2. The number of aliphatic hydroxyl groups is 1. The minimum absolute atomic E-state index is 0.0732. The van der Waals surface area contributed by atoms with Crippen molar-refractivity contribution in [1.29, 1.82) is 0 Å². The zero-order chi connectivity index (χ0) is 16.6. The van der Waals surface area contributed by atoms with Crippen molar-refractivity contribution in [2.45, 2.75) is 44.2 Å². The molecule has 1 aliphatic heterocycles. The van der Waals surface area contributed by atoms with E-state index in [1.807, 2.05) is 6.92 Å². The number of amides is 3. The summed E-state index contributed by atoms with van der Waals surface area (Å²) in [5.41, 5.74) is -0.486. The molecule has 0 bridgehead atoms. The molecular formula is C17H21FN2O3. The number of urea groups is 1. The summed E-state index contributed by atoms with van der Waals surface area (Å²) in [6.07, 6.45) is 2.38. The number of halogens is 1. The molecule has 2 aliphatic rings. The fourth-order valence-corrected chi connectivity index (χ4v) is 3.65. The molecule has 23 heavy (non-hydrogen) atoms. The van der Waals surface area contributed by atoms with E-state index in [9.17, 15) is 19.1 Å². The van der Waals surface area contributed by atoms with Gasteiger partial charge in [-0.05, 0) is 36.5 Å². The summed E-state index contributed by atoms with van der Waals surface area (Å²) in [5, 5.41) is 13.1. The average molecular weight is 320 g/mol. The summed E-state index contributed by atoms with van der Waals surface area (Å²) < 4.78 is 13.3. The van der Waals surface area contributed by atoms with Crippen molar-refractivity contribution in [3.8, 4) is 0 Å². The molecule has 0 aromatic heterocycles. The van der Waals surface area contributed by atoms with E-state index in [1.165, 1.54) is 18.2 Å². The summed E-state index contributed by atoms with van der Waals surface area (Å²) in [6.45, 7) is 1.81. The van der Waals surface area contributed by atoms with Crippen molar-refractivity contribution in [3.63, 3.8) is 0 Å². The Kier molecular flexibility index (Phi) is 4.10. The van der Waals surface area contributed by atoms with Crippen LogP contribution in [0.3, 0.4) is 0 Å². The lowest BCUT2D eigenvalue weighted by atomic mass is 9.73. The number of nitrogens with zero attached hydrogens (tertiary/aromatic N) is 1. The Bertz CT molecular complexity index is 636. The van der Waals surface area contributed by atoms with Gasteiger partial charge in [0.1, 0.15) is 11.4 Å². The Morgan fingerprint density at radius 3 is 2.91 bits per heavy atom. The van der Waals surface area contributed by atoms with E-state index >= 15 is 0 Å². The lowest BCUT2D eigenvalue weighted by Gasteiger charge is -2.36. The number of hydrogen-bond acceptors (Lipinski definition) is 3. The molecule has 1 heterocycles. The van der Waals surface area contributed by atoms with Crippen molar-refractivity contribution < 1.29 is 19.1 Å². The van der Waals surface area contributed by atoms with Gasteiger partial charge in [0.15, 0.2) is 0 Å². The molecule has 1 aromatic rings. The maximum absolute atomic E-state index is 13.3. The highest BCUT2D eigenvalue weighted by Crippen LogP contribution is 2.38. The lowest BCUT2D eigenvalue weighted by molar-refractivity contribution is -0.135. The Hall–Kier alpha value is -1.95.